The van der Waals surface area contributed by atoms with Gasteiger partial charge in [0.2, 0.25) is 0 Å². The average molecular weight is 378 g/mol. The molecule has 6 heteroatoms. The number of ether oxygens (including phenoxy) is 2. The van der Waals surface area contributed by atoms with Gasteiger partial charge in [-0.15, -0.1) is 0 Å². The third kappa shape index (κ3) is 3.73. The van der Waals surface area contributed by atoms with Crippen LogP contribution >= 0.6 is 0 Å². The zero-order valence-corrected chi connectivity index (χ0v) is 15.6. The van der Waals surface area contributed by atoms with E-state index in [1.165, 1.54) is 0 Å². The first-order chi connectivity index (χ1) is 13.6. The molecule has 6 nitrogen and oxygen atoms in total. The molecule has 4 rings (SSSR count). The van der Waals surface area contributed by atoms with Crippen LogP contribution in [-0.4, -0.2) is 40.4 Å². The lowest BCUT2D eigenvalue weighted by Crippen LogP contribution is -2.25. The second-order valence-electron chi connectivity index (χ2n) is 6.75. The molecule has 2 N–H and O–H groups in total. The van der Waals surface area contributed by atoms with Gasteiger partial charge >= 0.3 is 0 Å². The maximum absolute atomic E-state index is 10.5. The first-order valence-electron chi connectivity index (χ1n) is 9.12. The first-order valence-corrected chi connectivity index (χ1v) is 9.12. The van der Waals surface area contributed by atoms with E-state index in [-0.39, 0.29) is 11.5 Å². The van der Waals surface area contributed by atoms with Crippen molar-refractivity contribution in [3.8, 4) is 34.3 Å². The summed E-state index contributed by atoms with van der Waals surface area (Å²) >= 11 is 0. The lowest BCUT2D eigenvalue weighted by molar-refractivity contribution is 0.215. The molecule has 0 bridgehead atoms. The van der Waals surface area contributed by atoms with Crippen LogP contribution < -0.4 is 9.47 Å². The summed E-state index contributed by atoms with van der Waals surface area (Å²) in [6, 6.07) is 14.6. The largest absolute Gasteiger partial charge is 0.508 e. The molecule has 0 saturated heterocycles. The molecule has 1 aliphatic heterocycles. The summed E-state index contributed by atoms with van der Waals surface area (Å²) in [4.78, 5) is 6.54. The summed E-state index contributed by atoms with van der Waals surface area (Å²) in [5, 5.41) is 20.7. The lowest BCUT2D eigenvalue weighted by atomic mass is 10.0. The van der Waals surface area contributed by atoms with Crippen LogP contribution in [0.15, 0.2) is 54.7 Å². The van der Waals surface area contributed by atoms with Crippen LogP contribution in [0.3, 0.4) is 0 Å². The minimum atomic E-state index is 0.115. The van der Waals surface area contributed by atoms with Gasteiger partial charge in [-0.1, -0.05) is 6.07 Å². The van der Waals surface area contributed by atoms with Crippen molar-refractivity contribution in [3.05, 3.63) is 65.9 Å². The summed E-state index contributed by atoms with van der Waals surface area (Å²) in [5.41, 5.74) is 3.31. The van der Waals surface area contributed by atoms with Crippen molar-refractivity contribution >= 4 is 0 Å². The Morgan fingerprint density at radius 3 is 2.79 bits per heavy atom. The number of phenolic OH excluding ortho intramolecular Hbond substituents is 2. The molecule has 0 spiro atoms. The molecule has 0 saturated carbocycles. The third-order valence-corrected chi connectivity index (χ3v) is 4.84. The molecule has 2 heterocycles. The Labute approximate surface area is 163 Å². The topological polar surface area (TPSA) is 75.1 Å². The molecule has 0 aliphatic carbocycles. The smallest absolute Gasteiger partial charge is 0.165 e. The number of fused-ring (bicyclic) bond motifs is 1. The number of aromatic nitrogens is 1. The number of phenols is 2. The van der Waals surface area contributed by atoms with Crippen molar-refractivity contribution in [1.82, 2.24) is 9.88 Å². The van der Waals surface area contributed by atoms with Gasteiger partial charge in [-0.05, 0) is 42.5 Å². The van der Waals surface area contributed by atoms with Gasteiger partial charge < -0.3 is 19.7 Å². The van der Waals surface area contributed by atoms with Gasteiger partial charge in [-0.3, -0.25) is 9.88 Å². The fraction of sp³-hybridized carbons (Fsp3) is 0.227. The maximum Gasteiger partial charge on any atom is 0.165 e. The second kappa shape index (κ2) is 7.78. The first kappa shape index (κ1) is 18.1. The van der Waals surface area contributed by atoms with Crippen LogP contribution in [0, 0.1) is 0 Å². The van der Waals surface area contributed by atoms with E-state index >= 15 is 0 Å². The lowest BCUT2D eigenvalue weighted by Gasteiger charge is -2.20. The van der Waals surface area contributed by atoms with Crippen LogP contribution in [0.2, 0.25) is 0 Å². The van der Waals surface area contributed by atoms with E-state index in [0.29, 0.717) is 37.7 Å². The summed E-state index contributed by atoms with van der Waals surface area (Å²) in [5.74, 6) is 1.56. The standard InChI is InChI=1S/C22H22N2O4/c1-27-18-5-6-20(25)16(11-18)13-24-8-9-28-22-17(14-24)10-15(12-21(22)26)19-4-2-3-7-23-19/h2-7,10-12,25-26H,8-9,13-14H2,1H3. The van der Waals surface area contributed by atoms with E-state index in [4.69, 9.17) is 9.47 Å². The summed E-state index contributed by atoms with van der Waals surface area (Å²) < 4.78 is 11.1. The molecule has 2 aromatic carbocycles. The van der Waals surface area contributed by atoms with Gasteiger partial charge in [-0.25, -0.2) is 0 Å². The highest BCUT2D eigenvalue weighted by molar-refractivity contribution is 5.66. The van der Waals surface area contributed by atoms with Crippen molar-refractivity contribution in [2.75, 3.05) is 20.3 Å². The van der Waals surface area contributed by atoms with Gasteiger partial charge in [0.15, 0.2) is 11.5 Å². The van der Waals surface area contributed by atoms with Crippen LogP contribution in [0.25, 0.3) is 11.3 Å². The van der Waals surface area contributed by atoms with Crippen molar-refractivity contribution in [3.63, 3.8) is 0 Å². The fourth-order valence-electron chi connectivity index (χ4n) is 3.43. The van der Waals surface area contributed by atoms with Gasteiger partial charge in [0.25, 0.3) is 0 Å². The fourth-order valence-corrected chi connectivity index (χ4v) is 3.43. The minimum absolute atomic E-state index is 0.115. The van der Waals surface area contributed by atoms with Crippen LogP contribution in [-0.2, 0) is 13.1 Å². The van der Waals surface area contributed by atoms with Gasteiger partial charge in [0.05, 0.1) is 12.8 Å². The zero-order chi connectivity index (χ0) is 19.5. The van der Waals surface area contributed by atoms with Gasteiger partial charge in [-0.2, -0.15) is 0 Å². The SMILES string of the molecule is COc1ccc(O)c(CN2CCOc3c(O)cc(-c4ccccn4)cc3C2)c1. The second-order valence-corrected chi connectivity index (χ2v) is 6.75. The summed E-state index contributed by atoms with van der Waals surface area (Å²) in [6.07, 6.45) is 1.73. The molecule has 0 amide bonds. The summed E-state index contributed by atoms with van der Waals surface area (Å²) in [6.45, 7) is 2.25. The number of nitrogens with zero attached hydrogens (tertiary/aromatic N) is 2. The number of methoxy groups -OCH3 is 1. The van der Waals surface area contributed by atoms with Crippen molar-refractivity contribution in [2.24, 2.45) is 0 Å². The Balaban J connectivity index is 1.63. The molecule has 1 aliphatic rings. The molecular weight excluding hydrogens is 356 g/mol. The number of aromatic hydroxyl groups is 2. The van der Waals surface area contributed by atoms with E-state index in [1.807, 2.05) is 30.3 Å². The number of hydrogen-bond acceptors (Lipinski definition) is 6. The van der Waals surface area contributed by atoms with Gasteiger partial charge in [0, 0.05) is 42.5 Å². The molecule has 144 valence electrons. The van der Waals surface area contributed by atoms with E-state index in [9.17, 15) is 10.2 Å². The Bertz CT molecular complexity index is 976. The van der Waals surface area contributed by atoms with E-state index in [0.717, 1.165) is 22.4 Å². The maximum atomic E-state index is 10.5. The highest BCUT2D eigenvalue weighted by Crippen LogP contribution is 2.37. The summed E-state index contributed by atoms with van der Waals surface area (Å²) in [7, 11) is 1.61. The monoisotopic (exact) mass is 378 g/mol. The number of hydrogen-bond donors (Lipinski definition) is 2. The number of rotatable bonds is 4. The molecular formula is C22H22N2O4. The molecule has 0 unspecified atom stereocenters. The minimum Gasteiger partial charge on any atom is -0.508 e. The number of pyridine rings is 1. The molecule has 1 aromatic heterocycles. The zero-order valence-electron chi connectivity index (χ0n) is 15.6. The highest BCUT2D eigenvalue weighted by atomic mass is 16.5. The average Bonchev–Trinajstić information content (AvgIpc) is 2.92. The Morgan fingerprint density at radius 1 is 1.11 bits per heavy atom. The highest BCUT2D eigenvalue weighted by Gasteiger charge is 2.21. The number of benzene rings is 2. The Hall–Kier alpha value is -3.25. The Morgan fingerprint density at radius 2 is 2.00 bits per heavy atom. The van der Waals surface area contributed by atoms with Crippen molar-refractivity contribution in [1.29, 1.82) is 0 Å². The molecule has 0 fully saturated rings. The van der Waals surface area contributed by atoms with E-state index in [1.54, 1.807) is 31.5 Å². The van der Waals surface area contributed by atoms with Crippen LogP contribution in [0.1, 0.15) is 11.1 Å². The predicted molar refractivity (Wildman–Crippen MR) is 106 cm³/mol. The van der Waals surface area contributed by atoms with Crippen molar-refractivity contribution in [2.45, 2.75) is 13.1 Å². The normalized spacial score (nSPS) is 14.0. The van der Waals surface area contributed by atoms with E-state index in [2.05, 4.69) is 9.88 Å². The van der Waals surface area contributed by atoms with Crippen LogP contribution in [0.4, 0.5) is 0 Å². The molecule has 0 atom stereocenters. The van der Waals surface area contributed by atoms with Gasteiger partial charge in [0.1, 0.15) is 18.1 Å². The predicted octanol–water partition coefficient (Wildman–Crippen LogP) is 3.56. The third-order valence-electron chi connectivity index (χ3n) is 4.84. The van der Waals surface area contributed by atoms with Crippen molar-refractivity contribution < 1.29 is 19.7 Å². The molecule has 3 aromatic rings. The molecule has 28 heavy (non-hydrogen) atoms. The molecule has 0 radical (unpaired) electrons. The van der Waals surface area contributed by atoms with Crippen LogP contribution in [0.5, 0.6) is 23.0 Å². The Kier molecular flexibility index (Phi) is 5.04. The quantitative estimate of drug-likeness (QED) is 0.723. The van der Waals surface area contributed by atoms with E-state index < -0.39 is 0 Å².